The van der Waals surface area contributed by atoms with E-state index in [0.717, 1.165) is 5.56 Å². The molecule has 2 N–H and O–H groups in total. The minimum atomic E-state index is -3.04. The van der Waals surface area contributed by atoms with E-state index in [4.69, 9.17) is 15.1 Å². The largest absolute Gasteiger partial charge is 0.489 e. The van der Waals surface area contributed by atoms with Gasteiger partial charge in [0.15, 0.2) is 0 Å². The SMILES string of the molecule is N#Cc1ccc(OC2CC(c3ccc(F)cc3)CC2N2C[C@H](NC(=O)O)CC(F)(F)C2)cc1. The van der Waals surface area contributed by atoms with Gasteiger partial charge in [0, 0.05) is 19.0 Å². The Kier molecular flexibility index (Phi) is 6.47. The third kappa shape index (κ3) is 5.57. The van der Waals surface area contributed by atoms with Crippen LogP contribution in [-0.2, 0) is 0 Å². The zero-order chi connectivity index (χ0) is 23.6. The molecule has 4 atom stereocenters. The van der Waals surface area contributed by atoms with Crippen LogP contribution in [0.25, 0.3) is 0 Å². The van der Waals surface area contributed by atoms with Crippen LogP contribution < -0.4 is 10.1 Å². The van der Waals surface area contributed by atoms with E-state index in [1.54, 1.807) is 41.3 Å². The summed E-state index contributed by atoms with van der Waals surface area (Å²) >= 11 is 0. The standard InChI is InChI=1S/C24H24F3N3O3/c25-18-5-3-16(4-6-18)17-9-21(22(10-17)33-20-7-1-15(12-28)2-8-20)30-13-19(29-23(31)32)11-24(26,27)14-30/h1-8,17,19,21-22,29H,9-11,13-14H2,(H,31,32)/t17?,19-,21?,22?/m1/s1. The number of ether oxygens (including phenoxy) is 1. The van der Waals surface area contributed by atoms with Gasteiger partial charge in [-0.1, -0.05) is 12.1 Å². The molecule has 2 aromatic carbocycles. The van der Waals surface area contributed by atoms with Gasteiger partial charge in [-0.05, 0) is 60.7 Å². The number of carbonyl (C=O) groups is 1. The van der Waals surface area contributed by atoms with Gasteiger partial charge >= 0.3 is 6.09 Å². The summed E-state index contributed by atoms with van der Waals surface area (Å²) in [6.07, 6.45) is -1.27. The van der Waals surface area contributed by atoms with Crippen LogP contribution in [0, 0.1) is 17.1 Å². The highest BCUT2D eigenvalue weighted by molar-refractivity contribution is 5.64. The topological polar surface area (TPSA) is 85.6 Å². The molecule has 174 valence electrons. The molecule has 33 heavy (non-hydrogen) atoms. The van der Waals surface area contributed by atoms with E-state index in [0.29, 0.717) is 24.2 Å². The lowest BCUT2D eigenvalue weighted by Gasteiger charge is -2.42. The Morgan fingerprint density at radius 2 is 1.85 bits per heavy atom. The average molecular weight is 459 g/mol. The maximum atomic E-state index is 14.5. The first-order chi connectivity index (χ1) is 15.7. The minimum Gasteiger partial charge on any atom is -0.489 e. The molecule has 1 aliphatic heterocycles. The number of alkyl halides is 2. The lowest BCUT2D eigenvalue weighted by Crippen LogP contribution is -2.59. The summed E-state index contributed by atoms with van der Waals surface area (Å²) in [4.78, 5) is 12.7. The molecule has 0 radical (unpaired) electrons. The van der Waals surface area contributed by atoms with Crippen molar-refractivity contribution in [3.05, 3.63) is 65.5 Å². The second kappa shape index (κ2) is 9.32. The number of nitrogens with one attached hydrogen (secondary N) is 1. The lowest BCUT2D eigenvalue weighted by molar-refractivity contribution is -0.0927. The predicted molar refractivity (Wildman–Crippen MR) is 114 cm³/mol. The monoisotopic (exact) mass is 459 g/mol. The predicted octanol–water partition coefficient (Wildman–Crippen LogP) is 4.37. The third-order valence-electron chi connectivity index (χ3n) is 6.32. The van der Waals surface area contributed by atoms with E-state index in [-0.39, 0.29) is 24.3 Å². The van der Waals surface area contributed by atoms with Crippen molar-refractivity contribution in [2.24, 2.45) is 0 Å². The summed E-state index contributed by atoms with van der Waals surface area (Å²) < 4.78 is 48.6. The van der Waals surface area contributed by atoms with Crippen LogP contribution >= 0.6 is 0 Å². The van der Waals surface area contributed by atoms with Crippen molar-refractivity contribution in [1.82, 2.24) is 10.2 Å². The number of likely N-dealkylation sites (tertiary alicyclic amines) is 1. The Labute approximate surface area is 189 Å². The van der Waals surface area contributed by atoms with Gasteiger partial charge in [-0.3, -0.25) is 4.90 Å². The van der Waals surface area contributed by atoms with Crippen molar-refractivity contribution in [3.63, 3.8) is 0 Å². The number of hydrogen-bond acceptors (Lipinski definition) is 4. The molecule has 2 aliphatic rings. The summed E-state index contributed by atoms with van der Waals surface area (Å²) in [6, 6.07) is 13.5. The Balaban J connectivity index is 1.58. The van der Waals surface area contributed by atoms with Gasteiger partial charge in [0.2, 0.25) is 0 Å². The van der Waals surface area contributed by atoms with Gasteiger partial charge in [0.05, 0.1) is 24.2 Å². The second-order valence-corrected chi connectivity index (χ2v) is 8.72. The van der Waals surface area contributed by atoms with Crippen LogP contribution in [0.15, 0.2) is 48.5 Å². The first-order valence-corrected chi connectivity index (χ1v) is 10.8. The smallest absolute Gasteiger partial charge is 0.404 e. The van der Waals surface area contributed by atoms with Crippen LogP contribution in [0.3, 0.4) is 0 Å². The number of benzene rings is 2. The first-order valence-electron chi connectivity index (χ1n) is 10.8. The number of halogens is 3. The van der Waals surface area contributed by atoms with Gasteiger partial charge in [-0.25, -0.2) is 18.0 Å². The average Bonchev–Trinajstić information content (AvgIpc) is 3.17. The summed E-state index contributed by atoms with van der Waals surface area (Å²) in [7, 11) is 0. The number of carboxylic acid groups (broad SMARTS) is 1. The van der Waals surface area contributed by atoms with Gasteiger partial charge in [0.25, 0.3) is 5.92 Å². The number of nitriles is 1. The molecule has 2 aromatic rings. The number of piperidine rings is 1. The Morgan fingerprint density at radius 1 is 1.15 bits per heavy atom. The number of hydrogen-bond donors (Lipinski definition) is 2. The maximum Gasteiger partial charge on any atom is 0.404 e. The molecule has 0 aromatic heterocycles. The molecule has 0 bridgehead atoms. The summed E-state index contributed by atoms with van der Waals surface area (Å²) in [5.41, 5.74) is 1.38. The molecule has 1 saturated heterocycles. The molecular weight excluding hydrogens is 435 g/mol. The highest BCUT2D eigenvalue weighted by Gasteiger charge is 2.48. The second-order valence-electron chi connectivity index (χ2n) is 8.72. The molecule has 4 rings (SSSR count). The van der Waals surface area contributed by atoms with E-state index in [1.807, 2.05) is 6.07 Å². The van der Waals surface area contributed by atoms with Crippen LogP contribution in [-0.4, -0.2) is 53.3 Å². The molecule has 1 amide bonds. The lowest BCUT2D eigenvalue weighted by atomic mass is 9.96. The van der Waals surface area contributed by atoms with Crippen molar-refractivity contribution >= 4 is 6.09 Å². The minimum absolute atomic E-state index is 0.0274. The molecule has 1 saturated carbocycles. The van der Waals surface area contributed by atoms with Crippen LogP contribution in [0.4, 0.5) is 18.0 Å². The van der Waals surface area contributed by atoms with Crippen molar-refractivity contribution < 1.29 is 27.8 Å². The first kappa shape index (κ1) is 22.9. The Bertz CT molecular complexity index is 1020. The molecule has 9 heteroatoms. The normalized spacial score (nSPS) is 27.0. The van der Waals surface area contributed by atoms with Gasteiger partial charge < -0.3 is 15.2 Å². The van der Waals surface area contributed by atoms with Crippen molar-refractivity contribution in [2.75, 3.05) is 13.1 Å². The van der Waals surface area contributed by atoms with E-state index in [1.165, 1.54) is 12.1 Å². The summed E-state index contributed by atoms with van der Waals surface area (Å²) in [5.74, 6) is -2.90. The summed E-state index contributed by atoms with van der Waals surface area (Å²) in [6.45, 7) is -0.339. The highest BCUT2D eigenvalue weighted by atomic mass is 19.3. The maximum absolute atomic E-state index is 14.5. The number of amides is 1. The van der Waals surface area contributed by atoms with Gasteiger partial charge in [0.1, 0.15) is 17.7 Å². The van der Waals surface area contributed by atoms with Crippen molar-refractivity contribution in [2.45, 2.75) is 49.3 Å². The van der Waals surface area contributed by atoms with Crippen LogP contribution in [0.1, 0.15) is 36.3 Å². The Hall–Kier alpha value is -3.25. The molecule has 1 aliphatic carbocycles. The van der Waals surface area contributed by atoms with Gasteiger partial charge in [-0.15, -0.1) is 0 Å². The van der Waals surface area contributed by atoms with Crippen molar-refractivity contribution in [3.8, 4) is 11.8 Å². The van der Waals surface area contributed by atoms with E-state index >= 15 is 0 Å². The fourth-order valence-corrected chi connectivity index (χ4v) is 4.94. The summed E-state index contributed by atoms with van der Waals surface area (Å²) in [5, 5.41) is 20.2. The molecule has 0 spiro atoms. The zero-order valence-corrected chi connectivity index (χ0v) is 17.8. The van der Waals surface area contributed by atoms with E-state index in [2.05, 4.69) is 5.32 Å². The molecular formula is C24H24F3N3O3. The molecule has 1 heterocycles. The number of rotatable bonds is 5. The van der Waals surface area contributed by atoms with Crippen LogP contribution in [0.5, 0.6) is 5.75 Å². The Morgan fingerprint density at radius 3 is 2.48 bits per heavy atom. The quantitative estimate of drug-likeness (QED) is 0.694. The van der Waals surface area contributed by atoms with E-state index in [9.17, 15) is 18.0 Å². The van der Waals surface area contributed by atoms with E-state index < -0.39 is 37.1 Å². The number of nitrogens with zero attached hydrogens (tertiary/aromatic N) is 2. The van der Waals surface area contributed by atoms with Crippen LogP contribution in [0.2, 0.25) is 0 Å². The zero-order valence-electron chi connectivity index (χ0n) is 17.8. The third-order valence-corrected chi connectivity index (χ3v) is 6.32. The molecule has 3 unspecified atom stereocenters. The highest BCUT2D eigenvalue weighted by Crippen LogP contribution is 2.41. The fraction of sp³-hybridized carbons (Fsp3) is 0.417. The molecule has 6 nitrogen and oxygen atoms in total. The van der Waals surface area contributed by atoms with Gasteiger partial charge in [-0.2, -0.15) is 5.26 Å². The van der Waals surface area contributed by atoms with Crippen molar-refractivity contribution in [1.29, 1.82) is 5.26 Å². The fourth-order valence-electron chi connectivity index (χ4n) is 4.94. The molecule has 2 fully saturated rings.